The van der Waals surface area contributed by atoms with Crippen molar-refractivity contribution in [3.63, 3.8) is 0 Å². The predicted octanol–water partition coefficient (Wildman–Crippen LogP) is 5.94. The molecule has 1 fully saturated rings. The first kappa shape index (κ1) is 22.5. The van der Waals surface area contributed by atoms with E-state index in [2.05, 4.69) is 24.9 Å². The number of ketones is 2. The van der Waals surface area contributed by atoms with Gasteiger partial charge in [0.2, 0.25) is 0 Å². The molecule has 30 heavy (non-hydrogen) atoms. The largest absolute Gasteiger partial charge is 0.493 e. The number of Topliss-reactive ketones (excluding diaryl/α,β-unsaturated/α-hetero) is 2. The van der Waals surface area contributed by atoms with Crippen molar-refractivity contribution in [2.75, 3.05) is 6.61 Å². The fourth-order valence-electron chi connectivity index (χ4n) is 4.69. The molecule has 162 valence electrons. The molecule has 2 aliphatic rings. The maximum atomic E-state index is 12.8. The zero-order chi connectivity index (χ0) is 21.7. The smallest absolute Gasteiger partial charge is 0.166 e. The Labute approximate surface area is 180 Å². The molecule has 0 bridgehead atoms. The second-order valence-corrected chi connectivity index (χ2v) is 9.06. The van der Waals surface area contributed by atoms with Crippen molar-refractivity contribution in [1.29, 1.82) is 0 Å². The standard InChI is InChI=1S/C26H35NO3/c1-17-7-5-9-26(19(17)3)30-14-6-8-21-10-12-22(13-11-21)24(28)16-23-20(4)27-18(2)15-25(23)29/h5,7,9,21-22H,6,8,10-16H2,1-4H3. The number of aliphatic imine (C=N–C) groups is 1. The van der Waals surface area contributed by atoms with Crippen molar-refractivity contribution >= 4 is 17.3 Å². The van der Waals surface area contributed by atoms with Gasteiger partial charge in [0.1, 0.15) is 11.5 Å². The number of carbonyl (C=O) groups excluding carboxylic acids is 2. The van der Waals surface area contributed by atoms with E-state index in [4.69, 9.17) is 4.74 Å². The lowest BCUT2D eigenvalue weighted by Gasteiger charge is -2.28. The summed E-state index contributed by atoms with van der Waals surface area (Å²) < 4.78 is 5.98. The monoisotopic (exact) mass is 409 g/mol. The molecule has 4 nitrogen and oxygen atoms in total. The second-order valence-electron chi connectivity index (χ2n) is 9.06. The van der Waals surface area contributed by atoms with Crippen LogP contribution in [0.15, 0.2) is 34.5 Å². The molecular weight excluding hydrogens is 374 g/mol. The van der Waals surface area contributed by atoms with Crippen molar-refractivity contribution in [3.05, 3.63) is 40.6 Å². The van der Waals surface area contributed by atoms with Crippen LogP contribution in [0.1, 0.15) is 76.3 Å². The Hall–Kier alpha value is -2.23. The van der Waals surface area contributed by atoms with Crippen LogP contribution in [-0.4, -0.2) is 23.9 Å². The number of allylic oxidation sites excluding steroid dienone is 2. The van der Waals surface area contributed by atoms with Crippen LogP contribution in [-0.2, 0) is 9.59 Å². The van der Waals surface area contributed by atoms with Crippen molar-refractivity contribution < 1.29 is 14.3 Å². The van der Waals surface area contributed by atoms with Gasteiger partial charge in [-0.3, -0.25) is 14.6 Å². The Bertz CT molecular complexity index is 857. The second kappa shape index (κ2) is 10.2. The molecule has 0 radical (unpaired) electrons. The van der Waals surface area contributed by atoms with Crippen LogP contribution in [0, 0.1) is 25.7 Å². The third-order valence-corrected chi connectivity index (χ3v) is 6.77. The molecule has 0 spiro atoms. The summed E-state index contributed by atoms with van der Waals surface area (Å²) in [7, 11) is 0. The highest BCUT2D eigenvalue weighted by Gasteiger charge is 2.29. The number of ether oxygens (including phenoxy) is 1. The van der Waals surface area contributed by atoms with Gasteiger partial charge >= 0.3 is 0 Å². The lowest BCUT2D eigenvalue weighted by atomic mass is 9.77. The third-order valence-electron chi connectivity index (χ3n) is 6.77. The number of rotatable bonds is 8. The number of nitrogens with zero attached hydrogens (tertiary/aromatic N) is 1. The maximum Gasteiger partial charge on any atom is 0.166 e. The highest BCUT2D eigenvalue weighted by atomic mass is 16.5. The van der Waals surface area contributed by atoms with E-state index >= 15 is 0 Å². The summed E-state index contributed by atoms with van der Waals surface area (Å²) >= 11 is 0. The SMILES string of the molecule is CC1=NC(C)=C(CC(=O)C2CCC(CCCOc3cccc(C)c3C)CC2)C(=O)C1. The zero-order valence-corrected chi connectivity index (χ0v) is 18.9. The summed E-state index contributed by atoms with van der Waals surface area (Å²) in [5, 5.41) is 0. The Kier molecular flexibility index (Phi) is 7.63. The number of benzene rings is 1. The van der Waals surface area contributed by atoms with E-state index in [1.165, 1.54) is 11.1 Å². The molecule has 0 saturated heterocycles. The summed E-state index contributed by atoms with van der Waals surface area (Å²) in [6, 6.07) is 6.19. The van der Waals surface area contributed by atoms with E-state index in [0.29, 0.717) is 17.9 Å². The predicted molar refractivity (Wildman–Crippen MR) is 121 cm³/mol. The molecule has 4 heteroatoms. The highest BCUT2D eigenvalue weighted by Crippen LogP contribution is 2.34. The molecule has 1 heterocycles. The Morgan fingerprint density at radius 1 is 1.10 bits per heavy atom. The van der Waals surface area contributed by atoms with Crippen LogP contribution in [0.2, 0.25) is 0 Å². The van der Waals surface area contributed by atoms with Crippen molar-refractivity contribution in [2.24, 2.45) is 16.8 Å². The number of aryl methyl sites for hydroxylation is 1. The summed E-state index contributed by atoms with van der Waals surface area (Å²) in [4.78, 5) is 29.4. The van der Waals surface area contributed by atoms with Crippen LogP contribution in [0.4, 0.5) is 0 Å². The molecule has 1 saturated carbocycles. The molecule has 0 amide bonds. The minimum Gasteiger partial charge on any atom is -0.493 e. The van der Waals surface area contributed by atoms with Gasteiger partial charge in [0.05, 0.1) is 6.61 Å². The van der Waals surface area contributed by atoms with Gasteiger partial charge < -0.3 is 4.74 Å². The maximum absolute atomic E-state index is 12.8. The molecule has 0 unspecified atom stereocenters. The van der Waals surface area contributed by atoms with Crippen molar-refractivity contribution in [2.45, 2.75) is 79.1 Å². The molecule has 3 rings (SSSR count). The molecule has 1 aliphatic heterocycles. The minimum absolute atomic E-state index is 0.0749. The lowest BCUT2D eigenvalue weighted by molar-refractivity contribution is -0.125. The van der Waals surface area contributed by atoms with E-state index in [-0.39, 0.29) is 23.9 Å². The number of carbonyl (C=O) groups is 2. The summed E-state index contributed by atoms with van der Waals surface area (Å²) in [6.45, 7) is 8.68. The lowest BCUT2D eigenvalue weighted by Crippen LogP contribution is -2.25. The van der Waals surface area contributed by atoms with Crippen LogP contribution in [0.25, 0.3) is 0 Å². The van der Waals surface area contributed by atoms with Gasteiger partial charge in [-0.25, -0.2) is 0 Å². The fraction of sp³-hybridized carbons (Fsp3) is 0.577. The summed E-state index contributed by atoms with van der Waals surface area (Å²) in [5.74, 6) is 2.08. The zero-order valence-electron chi connectivity index (χ0n) is 18.9. The number of hydrogen-bond acceptors (Lipinski definition) is 4. The van der Waals surface area contributed by atoms with E-state index in [9.17, 15) is 9.59 Å². The summed E-state index contributed by atoms with van der Waals surface area (Å²) in [5.41, 5.74) is 4.69. The highest BCUT2D eigenvalue weighted by molar-refractivity contribution is 6.13. The number of hydrogen-bond donors (Lipinski definition) is 0. The van der Waals surface area contributed by atoms with Gasteiger partial charge in [0.25, 0.3) is 0 Å². The van der Waals surface area contributed by atoms with Gasteiger partial charge in [-0.15, -0.1) is 0 Å². The van der Waals surface area contributed by atoms with E-state index in [1.807, 2.05) is 26.0 Å². The van der Waals surface area contributed by atoms with Crippen LogP contribution in [0.5, 0.6) is 5.75 Å². The molecule has 0 aromatic heterocycles. The topological polar surface area (TPSA) is 55.7 Å². The molecule has 1 aliphatic carbocycles. The normalized spacial score (nSPS) is 22.1. The van der Waals surface area contributed by atoms with E-state index in [1.54, 1.807) is 0 Å². The molecule has 0 atom stereocenters. The average Bonchev–Trinajstić information content (AvgIpc) is 2.71. The Balaban J connectivity index is 1.39. The first-order valence-corrected chi connectivity index (χ1v) is 11.3. The third kappa shape index (κ3) is 5.68. The Morgan fingerprint density at radius 3 is 2.53 bits per heavy atom. The van der Waals surface area contributed by atoms with Gasteiger partial charge in [-0.2, -0.15) is 0 Å². The van der Waals surface area contributed by atoms with E-state index < -0.39 is 0 Å². The van der Waals surface area contributed by atoms with Gasteiger partial charge in [-0.05, 0) is 89.3 Å². The van der Waals surface area contributed by atoms with E-state index in [0.717, 1.165) is 62.3 Å². The molecule has 0 N–H and O–H groups in total. The van der Waals surface area contributed by atoms with Gasteiger partial charge in [-0.1, -0.05) is 12.1 Å². The van der Waals surface area contributed by atoms with Crippen molar-refractivity contribution in [1.82, 2.24) is 0 Å². The average molecular weight is 410 g/mol. The molecule has 1 aromatic carbocycles. The molecule has 1 aromatic rings. The van der Waals surface area contributed by atoms with Crippen LogP contribution in [0.3, 0.4) is 0 Å². The Morgan fingerprint density at radius 2 is 1.83 bits per heavy atom. The quantitative estimate of drug-likeness (QED) is 0.500. The van der Waals surface area contributed by atoms with Crippen LogP contribution >= 0.6 is 0 Å². The molecular formula is C26H35NO3. The van der Waals surface area contributed by atoms with Gasteiger partial charge in [0.15, 0.2) is 5.78 Å². The fourth-order valence-corrected chi connectivity index (χ4v) is 4.69. The first-order valence-electron chi connectivity index (χ1n) is 11.3. The summed E-state index contributed by atoms with van der Waals surface area (Å²) in [6.07, 6.45) is 6.93. The van der Waals surface area contributed by atoms with Crippen molar-refractivity contribution in [3.8, 4) is 5.75 Å². The van der Waals surface area contributed by atoms with Gasteiger partial charge in [0, 0.05) is 35.7 Å². The first-order chi connectivity index (χ1) is 14.3. The van der Waals surface area contributed by atoms with Crippen LogP contribution < -0.4 is 4.74 Å². The minimum atomic E-state index is 0.0749.